The highest BCUT2D eigenvalue weighted by Crippen LogP contribution is 2.18. The maximum absolute atomic E-state index is 11.9. The molecule has 0 aliphatic carbocycles. The van der Waals surface area contributed by atoms with Crippen LogP contribution in [0.4, 0.5) is 0 Å². The van der Waals surface area contributed by atoms with Crippen molar-refractivity contribution in [3.8, 4) is 0 Å². The third-order valence-electron chi connectivity index (χ3n) is 2.56. The molecule has 1 aromatic heterocycles. The van der Waals surface area contributed by atoms with Gasteiger partial charge in [0.15, 0.2) is 0 Å². The molecule has 2 rings (SSSR count). The minimum atomic E-state index is -0.500. The summed E-state index contributed by atoms with van der Waals surface area (Å²) in [5, 5.41) is 1.06. The third kappa shape index (κ3) is 2.67. The van der Waals surface area contributed by atoms with Crippen LogP contribution in [-0.4, -0.2) is 16.6 Å². The minimum absolute atomic E-state index is 0.350. The Labute approximate surface area is 107 Å². The molecule has 0 aliphatic heterocycles. The van der Waals surface area contributed by atoms with E-state index in [9.17, 15) is 4.79 Å². The second-order valence-electron chi connectivity index (χ2n) is 5.34. The van der Waals surface area contributed by atoms with Gasteiger partial charge in [-0.05, 0) is 45.4 Å². The van der Waals surface area contributed by atoms with Crippen LogP contribution < -0.4 is 0 Å². The predicted molar refractivity (Wildman–Crippen MR) is 71.6 cm³/mol. The van der Waals surface area contributed by atoms with Crippen LogP contribution in [0.1, 0.15) is 36.8 Å². The average molecular weight is 243 g/mol. The zero-order valence-electron chi connectivity index (χ0n) is 11.2. The molecule has 0 saturated heterocycles. The molecule has 0 aliphatic rings. The van der Waals surface area contributed by atoms with Crippen LogP contribution in [0.15, 0.2) is 30.3 Å². The van der Waals surface area contributed by atoms with Gasteiger partial charge in [-0.3, -0.25) is 0 Å². The summed E-state index contributed by atoms with van der Waals surface area (Å²) in [7, 11) is 0. The number of aromatic nitrogens is 1. The predicted octanol–water partition coefficient (Wildman–Crippen LogP) is 3.50. The number of hydrogen-bond donors (Lipinski definition) is 0. The number of pyridine rings is 1. The van der Waals surface area contributed by atoms with E-state index >= 15 is 0 Å². The monoisotopic (exact) mass is 243 g/mol. The summed E-state index contributed by atoms with van der Waals surface area (Å²) in [6.07, 6.45) is 0. The molecule has 0 atom stereocenters. The van der Waals surface area contributed by atoms with Gasteiger partial charge in [0.25, 0.3) is 0 Å². The van der Waals surface area contributed by atoms with Crippen molar-refractivity contribution >= 4 is 16.9 Å². The van der Waals surface area contributed by atoms with Gasteiger partial charge in [-0.25, -0.2) is 9.78 Å². The smallest absolute Gasteiger partial charge is 0.357 e. The highest BCUT2D eigenvalue weighted by atomic mass is 16.6. The van der Waals surface area contributed by atoms with Gasteiger partial charge in [0, 0.05) is 5.39 Å². The summed E-state index contributed by atoms with van der Waals surface area (Å²) in [6.45, 7) is 7.56. The van der Waals surface area contributed by atoms with E-state index in [-0.39, 0.29) is 5.97 Å². The molecule has 0 saturated carbocycles. The second-order valence-corrected chi connectivity index (χ2v) is 5.34. The van der Waals surface area contributed by atoms with E-state index in [0.29, 0.717) is 5.69 Å². The van der Waals surface area contributed by atoms with Crippen molar-refractivity contribution in [2.75, 3.05) is 0 Å². The van der Waals surface area contributed by atoms with Gasteiger partial charge in [-0.1, -0.05) is 18.2 Å². The number of ether oxygens (including phenoxy) is 1. The summed E-state index contributed by atoms with van der Waals surface area (Å²) in [4.78, 5) is 16.2. The van der Waals surface area contributed by atoms with Crippen molar-refractivity contribution in [2.45, 2.75) is 33.3 Å². The fourth-order valence-corrected chi connectivity index (χ4v) is 1.75. The summed E-state index contributed by atoms with van der Waals surface area (Å²) in [5.74, 6) is -0.383. The lowest BCUT2D eigenvalue weighted by atomic mass is 10.1. The fourth-order valence-electron chi connectivity index (χ4n) is 1.75. The van der Waals surface area contributed by atoms with Crippen LogP contribution in [0.25, 0.3) is 10.9 Å². The normalized spacial score (nSPS) is 11.6. The Bertz CT molecular complexity index is 597. The van der Waals surface area contributed by atoms with Gasteiger partial charge < -0.3 is 4.74 Å². The number of nitrogens with zero attached hydrogens (tertiary/aromatic N) is 1. The number of carbonyl (C=O) groups excluding carboxylic acids is 1. The van der Waals surface area contributed by atoms with Crippen LogP contribution in [0.5, 0.6) is 0 Å². The van der Waals surface area contributed by atoms with Crippen molar-refractivity contribution in [3.05, 3.63) is 41.6 Å². The summed E-state index contributed by atoms with van der Waals surface area (Å²) >= 11 is 0. The highest BCUT2D eigenvalue weighted by Gasteiger charge is 2.19. The molecule has 1 aromatic carbocycles. The SMILES string of the molecule is Cc1cccc2nc(C(=O)OC(C)(C)C)ccc12. The first-order chi connectivity index (χ1) is 8.37. The Morgan fingerprint density at radius 2 is 1.89 bits per heavy atom. The highest BCUT2D eigenvalue weighted by molar-refractivity contribution is 5.92. The van der Waals surface area contributed by atoms with Crippen LogP contribution in [0, 0.1) is 6.92 Å². The zero-order valence-corrected chi connectivity index (χ0v) is 11.2. The van der Waals surface area contributed by atoms with Crippen LogP contribution in [-0.2, 0) is 4.74 Å². The average Bonchev–Trinajstić information content (AvgIpc) is 2.26. The van der Waals surface area contributed by atoms with Gasteiger partial charge in [-0.2, -0.15) is 0 Å². The first kappa shape index (κ1) is 12.6. The molecule has 1 heterocycles. The van der Waals surface area contributed by atoms with Crippen LogP contribution in [0.2, 0.25) is 0 Å². The Balaban J connectivity index is 2.39. The molecule has 2 aromatic rings. The Morgan fingerprint density at radius 1 is 1.17 bits per heavy atom. The summed E-state index contributed by atoms with van der Waals surface area (Å²) < 4.78 is 5.30. The quantitative estimate of drug-likeness (QED) is 0.719. The molecule has 0 bridgehead atoms. The molecule has 0 fully saturated rings. The standard InChI is InChI=1S/C15H17NO2/c1-10-6-5-7-12-11(10)8-9-13(16-12)14(17)18-15(2,3)4/h5-9H,1-4H3. The molecule has 94 valence electrons. The largest absolute Gasteiger partial charge is 0.455 e. The first-order valence-electron chi connectivity index (χ1n) is 5.96. The van der Waals surface area contributed by atoms with Gasteiger partial charge >= 0.3 is 5.97 Å². The number of fused-ring (bicyclic) bond motifs is 1. The van der Waals surface area contributed by atoms with Crippen molar-refractivity contribution < 1.29 is 9.53 Å². The van der Waals surface area contributed by atoms with Gasteiger partial charge in [-0.15, -0.1) is 0 Å². The van der Waals surface area contributed by atoms with Crippen molar-refractivity contribution in [3.63, 3.8) is 0 Å². The number of aryl methyl sites for hydroxylation is 1. The van der Waals surface area contributed by atoms with E-state index in [1.54, 1.807) is 6.07 Å². The van der Waals surface area contributed by atoms with Gasteiger partial charge in [0.2, 0.25) is 0 Å². The van der Waals surface area contributed by atoms with E-state index in [1.165, 1.54) is 0 Å². The van der Waals surface area contributed by atoms with Gasteiger partial charge in [0.1, 0.15) is 11.3 Å². The molecule has 0 amide bonds. The molecule has 0 radical (unpaired) electrons. The third-order valence-corrected chi connectivity index (χ3v) is 2.56. The number of carbonyl (C=O) groups is 1. The summed E-state index contributed by atoms with van der Waals surface area (Å²) in [5.41, 5.74) is 1.82. The molecule has 18 heavy (non-hydrogen) atoms. The first-order valence-corrected chi connectivity index (χ1v) is 5.96. The van der Waals surface area contributed by atoms with Crippen molar-refractivity contribution in [1.29, 1.82) is 0 Å². The fraction of sp³-hybridized carbons (Fsp3) is 0.333. The molecule has 0 spiro atoms. The number of esters is 1. The second kappa shape index (κ2) is 4.41. The number of hydrogen-bond acceptors (Lipinski definition) is 3. The molecule has 0 unspecified atom stereocenters. The Morgan fingerprint density at radius 3 is 2.56 bits per heavy atom. The zero-order chi connectivity index (χ0) is 13.3. The minimum Gasteiger partial charge on any atom is -0.455 e. The summed E-state index contributed by atoms with van der Waals surface area (Å²) in [6, 6.07) is 9.48. The van der Waals surface area contributed by atoms with E-state index in [1.807, 2.05) is 52.0 Å². The maximum atomic E-state index is 11.9. The van der Waals surface area contributed by atoms with E-state index in [4.69, 9.17) is 4.74 Å². The maximum Gasteiger partial charge on any atom is 0.357 e. The topological polar surface area (TPSA) is 39.2 Å². The molecular formula is C15H17NO2. The van der Waals surface area contributed by atoms with Crippen LogP contribution in [0.3, 0.4) is 0 Å². The van der Waals surface area contributed by atoms with E-state index in [0.717, 1.165) is 16.5 Å². The van der Waals surface area contributed by atoms with E-state index in [2.05, 4.69) is 4.98 Å². The van der Waals surface area contributed by atoms with Crippen molar-refractivity contribution in [1.82, 2.24) is 4.98 Å². The van der Waals surface area contributed by atoms with E-state index < -0.39 is 5.60 Å². The Hall–Kier alpha value is -1.90. The molecule has 3 nitrogen and oxygen atoms in total. The lowest BCUT2D eigenvalue weighted by molar-refractivity contribution is 0.00633. The Kier molecular flexibility index (Phi) is 3.07. The lowest BCUT2D eigenvalue weighted by Gasteiger charge is -2.19. The number of benzene rings is 1. The van der Waals surface area contributed by atoms with Crippen molar-refractivity contribution in [2.24, 2.45) is 0 Å². The van der Waals surface area contributed by atoms with Crippen LogP contribution >= 0.6 is 0 Å². The molecule has 3 heteroatoms. The number of rotatable bonds is 1. The lowest BCUT2D eigenvalue weighted by Crippen LogP contribution is -2.24. The molecule has 0 N–H and O–H groups in total. The molecular weight excluding hydrogens is 226 g/mol. The van der Waals surface area contributed by atoms with Gasteiger partial charge in [0.05, 0.1) is 5.52 Å².